The van der Waals surface area contributed by atoms with Crippen LogP contribution in [-0.2, 0) is 11.3 Å². The van der Waals surface area contributed by atoms with Crippen LogP contribution in [0.2, 0.25) is 0 Å². The average Bonchev–Trinajstić information content (AvgIpc) is 2.34. The first-order valence-electron chi connectivity index (χ1n) is 6.74. The largest absolute Gasteiger partial charge is 0.503 e. The van der Waals surface area contributed by atoms with Crippen molar-refractivity contribution in [2.45, 2.75) is 39.5 Å². The number of aromatic nitrogens is 1. The van der Waals surface area contributed by atoms with Crippen molar-refractivity contribution in [3.8, 4) is 5.75 Å². The third-order valence-electron chi connectivity index (χ3n) is 3.57. The fourth-order valence-electron chi connectivity index (χ4n) is 2.62. The smallest absolute Gasteiger partial charge is 0.223 e. The number of nitrogens with zero attached hydrogens (tertiary/aromatic N) is 2. The van der Waals surface area contributed by atoms with E-state index in [0.29, 0.717) is 5.69 Å². The van der Waals surface area contributed by atoms with Gasteiger partial charge in [-0.25, -0.2) is 0 Å². The molecule has 5 nitrogen and oxygen atoms in total. The Bertz CT molecular complexity index is 488. The number of hydrogen-bond acceptors (Lipinski definition) is 4. The van der Waals surface area contributed by atoms with E-state index in [4.69, 9.17) is 4.74 Å². The maximum atomic E-state index is 11.3. The number of pyridine rings is 1. The Morgan fingerprint density at radius 1 is 1.32 bits per heavy atom. The Balaban J connectivity index is 1.99. The summed E-state index contributed by atoms with van der Waals surface area (Å²) in [6.45, 7) is 9.44. The van der Waals surface area contributed by atoms with Gasteiger partial charge in [0.25, 0.3) is 0 Å². The van der Waals surface area contributed by atoms with E-state index in [9.17, 15) is 9.90 Å². The van der Waals surface area contributed by atoms with E-state index >= 15 is 0 Å². The molecule has 0 amide bonds. The van der Waals surface area contributed by atoms with Crippen molar-refractivity contribution in [2.24, 2.45) is 0 Å². The van der Waals surface area contributed by atoms with Crippen LogP contribution in [0.5, 0.6) is 5.75 Å². The number of ether oxygens (including phenoxy) is 1. The Morgan fingerprint density at radius 3 is 2.58 bits per heavy atom. The van der Waals surface area contributed by atoms with E-state index in [-0.39, 0.29) is 23.4 Å². The Morgan fingerprint density at radius 2 is 1.95 bits per heavy atom. The molecule has 5 heteroatoms. The maximum Gasteiger partial charge on any atom is 0.223 e. The number of aromatic hydroxyl groups is 1. The van der Waals surface area contributed by atoms with Gasteiger partial charge in [0.15, 0.2) is 5.75 Å². The fourth-order valence-corrected chi connectivity index (χ4v) is 2.62. The summed E-state index contributed by atoms with van der Waals surface area (Å²) in [7, 11) is 0. The van der Waals surface area contributed by atoms with Gasteiger partial charge in [0.1, 0.15) is 0 Å². The molecule has 0 aliphatic carbocycles. The van der Waals surface area contributed by atoms with Gasteiger partial charge in [0, 0.05) is 38.4 Å². The molecular formula is C14H22N2O3. The van der Waals surface area contributed by atoms with E-state index in [1.165, 1.54) is 6.07 Å². The molecule has 0 aromatic carbocycles. The zero-order chi connectivity index (χ0) is 14.0. The highest BCUT2D eigenvalue weighted by atomic mass is 16.5. The van der Waals surface area contributed by atoms with E-state index < -0.39 is 0 Å². The topological polar surface area (TPSA) is 54.7 Å². The molecule has 0 spiro atoms. The van der Waals surface area contributed by atoms with Crippen molar-refractivity contribution in [3.05, 3.63) is 28.2 Å². The second kappa shape index (κ2) is 5.75. The van der Waals surface area contributed by atoms with Crippen molar-refractivity contribution in [1.29, 1.82) is 0 Å². The van der Waals surface area contributed by atoms with Gasteiger partial charge in [0.2, 0.25) is 5.43 Å². The van der Waals surface area contributed by atoms with Gasteiger partial charge in [-0.2, -0.15) is 0 Å². The second-order valence-electron chi connectivity index (χ2n) is 5.32. The lowest BCUT2D eigenvalue weighted by Gasteiger charge is -2.35. The van der Waals surface area contributed by atoms with Gasteiger partial charge in [-0.05, 0) is 20.8 Å². The minimum atomic E-state index is -0.317. The van der Waals surface area contributed by atoms with Crippen LogP contribution in [0.15, 0.2) is 17.1 Å². The number of hydrogen-bond donors (Lipinski definition) is 1. The van der Waals surface area contributed by atoms with Crippen molar-refractivity contribution >= 4 is 0 Å². The highest BCUT2D eigenvalue weighted by molar-refractivity contribution is 5.25. The van der Waals surface area contributed by atoms with Gasteiger partial charge in [-0.3, -0.25) is 9.69 Å². The molecule has 2 rings (SSSR count). The lowest BCUT2D eigenvalue weighted by molar-refractivity contribution is -0.0686. The Kier molecular flexibility index (Phi) is 4.27. The Hall–Kier alpha value is -1.33. The fraction of sp³-hybridized carbons (Fsp3) is 0.643. The Labute approximate surface area is 113 Å². The van der Waals surface area contributed by atoms with Crippen molar-refractivity contribution in [2.75, 3.05) is 19.6 Å². The number of rotatable bonds is 3. The van der Waals surface area contributed by atoms with Crippen LogP contribution >= 0.6 is 0 Å². The van der Waals surface area contributed by atoms with E-state index in [0.717, 1.165) is 26.2 Å². The minimum absolute atomic E-state index is 0.147. The first-order valence-corrected chi connectivity index (χ1v) is 6.74. The summed E-state index contributed by atoms with van der Waals surface area (Å²) in [6, 6.07) is 1.41. The summed E-state index contributed by atoms with van der Waals surface area (Å²) in [5.74, 6) is -0.147. The lowest BCUT2D eigenvalue weighted by atomic mass is 10.2. The molecule has 0 unspecified atom stereocenters. The molecule has 0 bridgehead atoms. The molecule has 1 saturated heterocycles. The summed E-state index contributed by atoms with van der Waals surface area (Å²) in [5.41, 5.74) is 0.309. The van der Waals surface area contributed by atoms with Crippen molar-refractivity contribution < 1.29 is 9.84 Å². The molecule has 1 fully saturated rings. The monoisotopic (exact) mass is 266 g/mol. The van der Waals surface area contributed by atoms with Gasteiger partial charge in [-0.15, -0.1) is 0 Å². The zero-order valence-corrected chi connectivity index (χ0v) is 11.8. The molecule has 1 N–H and O–H groups in total. The molecule has 0 saturated carbocycles. The lowest BCUT2D eigenvalue weighted by Crippen LogP contribution is -2.46. The third kappa shape index (κ3) is 3.36. The first-order chi connectivity index (χ1) is 8.97. The summed E-state index contributed by atoms with van der Waals surface area (Å²) >= 11 is 0. The highest BCUT2D eigenvalue weighted by Gasteiger charge is 2.21. The summed E-state index contributed by atoms with van der Waals surface area (Å²) in [4.78, 5) is 13.6. The average molecular weight is 266 g/mol. The molecule has 106 valence electrons. The predicted octanol–water partition coefficient (Wildman–Crippen LogP) is 0.972. The molecule has 0 radical (unpaired) electrons. The van der Waals surface area contributed by atoms with Crippen LogP contribution in [0, 0.1) is 6.92 Å². The normalized spacial score (nSPS) is 24.6. The third-order valence-corrected chi connectivity index (χ3v) is 3.57. The molecule has 2 atom stereocenters. The molecule has 19 heavy (non-hydrogen) atoms. The zero-order valence-electron chi connectivity index (χ0n) is 11.8. The van der Waals surface area contributed by atoms with Gasteiger partial charge in [0.05, 0.1) is 17.9 Å². The van der Waals surface area contributed by atoms with Crippen LogP contribution < -0.4 is 5.43 Å². The SMILES string of the molecule is Cc1c(O)c(=O)ccn1CCN1C[C@@H](C)O[C@@H](C)C1. The minimum Gasteiger partial charge on any atom is -0.503 e. The van der Waals surface area contributed by atoms with Gasteiger partial charge in [-0.1, -0.05) is 0 Å². The van der Waals surface area contributed by atoms with E-state index in [1.54, 1.807) is 13.1 Å². The van der Waals surface area contributed by atoms with Crippen molar-refractivity contribution in [1.82, 2.24) is 9.47 Å². The second-order valence-corrected chi connectivity index (χ2v) is 5.32. The van der Waals surface area contributed by atoms with Crippen LogP contribution in [0.3, 0.4) is 0 Å². The molecule has 1 aromatic rings. The van der Waals surface area contributed by atoms with Gasteiger partial charge < -0.3 is 14.4 Å². The summed E-state index contributed by atoms with van der Waals surface area (Å²) in [6.07, 6.45) is 2.25. The maximum absolute atomic E-state index is 11.3. The van der Waals surface area contributed by atoms with Crippen LogP contribution in [0.4, 0.5) is 0 Å². The van der Waals surface area contributed by atoms with Crippen LogP contribution in [0.1, 0.15) is 19.5 Å². The first kappa shape index (κ1) is 14.1. The number of morpholine rings is 1. The quantitative estimate of drug-likeness (QED) is 0.886. The van der Waals surface area contributed by atoms with E-state index in [2.05, 4.69) is 18.7 Å². The van der Waals surface area contributed by atoms with Crippen LogP contribution in [-0.4, -0.2) is 46.4 Å². The molecular weight excluding hydrogens is 244 g/mol. The van der Waals surface area contributed by atoms with Gasteiger partial charge >= 0.3 is 0 Å². The highest BCUT2D eigenvalue weighted by Crippen LogP contribution is 2.12. The molecule has 1 aliphatic heterocycles. The molecule has 1 aromatic heterocycles. The summed E-state index contributed by atoms with van der Waals surface area (Å²) < 4.78 is 7.62. The predicted molar refractivity (Wildman–Crippen MR) is 73.6 cm³/mol. The van der Waals surface area contributed by atoms with Crippen LogP contribution in [0.25, 0.3) is 0 Å². The summed E-state index contributed by atoms with van der Waals surface area (Å²) in [5, 5.41) is 9.64. The molecule has 2 heterocycles. The molecule has 1 aliphatic rings. The van der Waals surface area contributed by atoms with Crippen molar-refractivity contribution in [3.63, 3.8) is 0 Å². The standard InChI is InChI=1S/C14H22N2O3/c1-10-8-15(9-11(2)19-10)6-7-16-5-4-13(17)14(18)12(16)3/h4-5,10-11,18H,6-9H2,1-3H3/t10-,11+. The van der Waals surface area contributed by atoms with E-state index in [1.807, 2.05) is 4.57 Å².